The number of amides is 1. The van der Waals surface area contributed by atoms with Crippen molar-refractivity contribution >= 4 is 13.2 Å². The molecule has 3 N–H and O–H groups in total. The van der Waals surface area contributed by atoms with Crippen LogP contribution in [-0.4, -0.2) is 29.5 Å². The van der Waals surface area contributed by atoms with Crippen LogP contribution < -0.4 is 5.32 Å². The van der Waals surface area contributed by atoms with Crippen molar-refractivity contribution in [2.45, 2.75) is 26.0 Å². The molecule has 2 rings (SSSR count). The van der Waals surface area contributed by atoms with Gasteiger partial charge in [-0.3, -0.25) is 4.79 Å². The monoisotopic (exact) mass is 313 g/mol. The standard InChI is InChI=1S/C17H20BNO4/c1-13-7-9-15(10-8-13)12-17(23-18(21)22)19-16(20)11-14-5-3-2-4-6-14/h2-10,17,21-22H,11-12H2,1H3,(H,19,20)/t17-/m1/s1. The summed E-state index contributed by atoms with van der Waals surface area (Å²) in [5.74, 6) is -0.242. The molecule has 2 aromatic rings. The molecular formula is C17H20BNO4. The van der Waals surface area contributed by atoms with Gasteiger partial charge in [-0.05, 0) is 18.1 Å². The van der Waals surface area contributed by atoms with Crippen LogP contribution in [0, 0.1) is 6.92 Å². The summed E-state index contributed by atoms with van der Waals surface area (Å²) in [7, 11) is -1.94. The van der Waals surface area contributed by atoms with Gasteiger partial charge >= 0.3 is 7.32 Å². The molecule has 120 valence electrons. The Morgan fingerprint density at radius 2 is 1.74 bits per heavy atom. The fourth-order valence-corrected chi connectivity index (χ4v) is 2.23. The third-order valence-corrected chi connectivity index (χ3v) is 3.36. The quantitative estimate of drug-likeness (QED) is 0.530. The van der Waals surface area contributed by atoms with Crippen LogP contribution in [0.2, 0.25) is 0 Å². The predicted molar refractivity (Wildman–Crippen MR) is 88.2 cm³/mol. The van der Waals surface area contributed by atoms with Crippen LogP contribution in [0.1, 0.15) is 16.7 Å². The second-order valence-electron chi connectivity index (χ2n) is 5.37. The summed E-state index contributed by atoms with van der Waals surface area (Å²) in [6, 6.07) is 17.1. The van der Waals surface area contributed by atoms with E-state index in [4.69, 9.17) is 14.7 Å². The summed E-state index contributed by atoms with van der Waals surface area (Å²) in [6.45, 7) is 1.98. The highest BCUT2D eigenvalue weighted by Crippen LogP contribution is 2.08. The van der Waals surface area contributed by atoms with Gasteiger partial charge in [-0.2, -0.15) is 0 Å². The number of nitrogens with one attached hydrogen (secondary N) is 1. The summed E-state index contributed by atoms with van der Waals surface area (Å²) < 4.78 is 4.97. The van der Waals surface area contributed by atoms with Gasteiger partial charge in [-0.1, -0.05) is 60.2 Å². The molecular weight excluding hydrogens is 293 g/mol. The zero-order valence-corrected chi connectivity index (χ0v) is 13.0. The fraction of sp³-hybridized carbons (Fsp3) is 0.235. The Hall–Kier alpha value is -2.15. The van der Waals surface area contributed by atoms with Crippen molar-refractivity contribution in [2.75, 3.05) is 0 Å². The molecule has 0 aromatic heterocycles. The van der Waals surface area contributed by atoms with Crippen LogP contribution >= 0.6 is 0 Å². The maximum atomic E-state index is 12.1. The molecule has 0 unspecified atom stereocenters. The van der Waals surface area contributed by atoms with Crippen LogP contribution in [0.3, 0.4) is 0 Å². The molecule has 0 saturated carbocycles. The minimum absolute atomic E-state index is 0.204. The Labute approximate surface area is 136 Å². The number of carbonyl (C=O) groups is 1. The van der Waals surface area contributed by atoms with Crippen LogP contribution in [0.4, 0.5) is 0 Å². The summed E-state index contributed by atoms with van der Waals surface area (Å²) in [5, 5.41) is 20.7. The summed E-state index contributed by atoms with van der Waals surface area (Å²) >= 11 is 0. The maximum Gasteiger partial charge on any atom is 0.635 e. The first-order chi connectivity index (χ1) is 11.0. The molecule has 0 radical (unpaired) electrons. The molecule has 2 aromatic carbocycles. The summed E-state index contributed by atoms with van der Waals surface area (Å²) in [5.41, 5.74) is 2.94. The first-order valence-corrected chi connectivity index (χ1v) is 7.43. The molecule has 0 aliphatic rings. The molecule has 0 spiro atoms. The van der Waals surface area contributed by atoms with Gasteiger partial charge in [0, 0.05) is 6.42 Å². The topological polar surface area (TPSA) is 78.8 Å². The molecule has 0 fully saturated rings. The van der Waals surface area contributed by atoms with E-state index < -0.39 is 13.5 Å². The second-order valence-corrected chi connectivity index (χ2v) is 5.37. The van der Waals surface area contributed by atoms with E-state index in [1.54, 1.807) is 0 Å². The zero-order valence-electron chi connectivity index (χ0n) is 13.0. The minimum Gasteiger partial charge on any atom is -0.402 e. The highest BCUT2D eigenvalue weighted by atomic mass is 16.6. The van der Waals surface area contributed by atoms with E-state index in [1.165, 1.54) is 0 Å². The molecule has 1 amide bonds. The Bertz CT molecular complexity index is 616. The third-order valence-electron chi connectivity index (χ3n) is 3.36. The average Bonchev–Trinajstić information content (AvgIpc) is 2.50. The largest absolute Gasteiger partial charge is 0.635 e. The van der Waals surface area contributed by atoms with Gasteiger partial charge in [0.25, 0.3) is 0 Å². The first kappa shape index (κ1) is 17.2. The number of carbonyl (C=O) groups excluding carboxylic acids is 1. The molecule has 0 bridgehead atoms. The normalized spacial score (nSPS) is 11.8. The Kier molecular flexibility index (Phi) is 6.34. The molecule has 1 atom stereocenters. The lowest BCUT2D eigenvalue weighted by Crippen LogP contribution is -2.43. The van der Waals surface area contributed by atoms with Crippen molar-refractivity contribution in [1.82, 2.24) is 5.32 Å². The van der Waals surface area contributed by atoms with E-state index in [2.05, 4.69) is 5.32 Å². The van der Waals surface area contributed by atoms with Gasteiger partial charge in [-0.15, -0.1) is 0 Å². The highest BCUT2D eigenvalue weighted by Gasteiger charge is 2.20. The molecule has 23 heavy (non-hydrogen) atoms. The average molecular weight is 313 g/mol. The number of hydrogen-bond donors (Lipinski definition) is 3. The Morgan fingerprint density at radius 1 is 1.09 bits per heavy atom. The van der Waals surface area contributed by atoms with E-state index in [9.17, 15) is 4.79 Å². The van der Waals surface area contributed by atoms with Gasteiger partial charge in [0.05, 0.1) is 6.42 Å². The molecule has 5 nitrogen and oxygen atoms in total. The SMILES string of the molecule is Cc1ccc(C[C@H](NC(=O)Cc2ccccc2)OB(O)O)cc1. The number of rotatable bonds is 7. The minimum atomic E-state index is -1.94. The molecule has 0 saturated heterocycles. The van der Waals surface area contributed by atoms with Crippen molar-refractivity contribution in [3.63, 3.8) is 0 Å². The first-order valence-electron chi connectivity index (χ1n) is 7.43. The van der Waals surface area contributed by atoms with Crippen LogP contribution in [0.5, 0.6) is 0 Å². The maximum absolute atomic E-state index is 12.1. The van der Waals surface area contributed by atoms with Crippen LogP contribution in [0.15, 0.2) is 54.6 Å². The van der Waals surface area contributed by atoms with Gasteiger partial charge in [-0.25, -0.2) is 0 Å². The number of benzene rings is 2. The Balaban J connectivity index is 1.97. The lowest BCUT2D eigenvalue weighted by atomic mass is 10.1. The van der Waals surface area contributed by atoms with Gasteiger partial charge in [0.1, 0.15) is 6.23 Å². The molecule has 0 aliphatic heterocycles. The molecule has 0 heterocycles. The van der Waals surface area contributed by atoms with Gasteiger partial charge in [0.2, 0.25) is 5.91 Å². The lowest BCUT2D eigenvalue weighted by Gasteiger charge is -2.19. The van der Waals surface area contributed by atoms with Crippen LogP contribution in [0.25, 0.3) is 0 Å². The van der Waals surface area contributed by atoms with Crippen molar-refractivity contribution in [1.29, 1.82) is 0 Å². The smallest absolute Gasteiger partial charge is 0.402 e. The molecule has 6 heteroatoms. The Morgan fingerprint density at radius 3 is 2.35 bits per heavy atom. The summed E-state index contributed by atoms with van der Waals surface area (Å²) in [4.78, 5) is 12.1. The lowest BCUT2D eigenvalue weighted by molar-refractivity contribution is -0.123. The van der Waals surface area contributed by atoms with E-state index in [1.807, 2.05) is 61.5 Å². The van der Waals surface area contributed by atoms with Crippen molar-refractivity contribution < 1.29 is 19.5 Å². The van der Waals surface area contributed by atoms with Gasteiger partial charge in [0.15, 0.2) is 0 Å². The van der Waals surface area contributed by atoms with Crippen molar-refractivity contribution in [3.05, 3.63) is 71.3 Å². The van der Waals surface area contributed by atoms with Gasteiger partial charge < -0.3 is 20.0 Å². The third kappa shape index (κ3) is 6.24. The van der Waals surface area contributed by atoms with Crippen LogP contribution in [-0.2, 0) is 22.3 Å². The van der Waals surface area contributed by atoms with E-state index in [-0.39, 0.29) is 12.3 Å². The van der Waals surface area contributed by atoms with Crippen molar-refractivity contribution in [2.24, 2.45) is 0 Å². The fourth-order valence-electron chi connectivity index (χ4n) is 2.23. The number of aryl methyl sites for hydroxylation is 1. The number of hydrogen-bond acceptors (Lipinski definition) is 4. The van der Waals surface area contributed by atoms with E-state index in [0.717, 1.165) is 16.7 Å². The van der Waals surface area contributed by atoms with Crippen molar-refractivity contribution in [3.8, 4) is 0 Å². The molecule has 0 aliphatic carbocycles. The zero-order chi connectivity index (χ0) is 16.7. The second kappa shape index (κ2) is 8.48. The van der Waals surface area contributed by atoms with E-state index >= 15 is 0 Å². The highest BCUT2D eigenvalue weighted by molar-refractivity contribution is 6.32. The van der Waals surface area contributed by atoms with E-state index in [0.29, 0.717) is 6.42 Å². The summed E-state index contributed by atoms with van der Waals surface area (Å²) in [6.07, 6.45) is -0.261. The predicted octanol–water partition coefficient (Wildman–Crippen LogP) is 1.21.